The van der Waals surface area contributed by atoms with Crippen molar-refractivity contribution in [2.24, 2.45) is 17.8 Å². The van der Waals surface area contributed by atoms with Crippen LogP contribution in [-0.4, -0.2) is 11.9 Å². The highest BCUT2D eigenvalue weighted by atomic mass is 16.6. The molecule has 78 valence electrons. The molecule has 2 bridgehead atoms. The minimum Gasteiger partial charge on any atom is -0.393 e. The zero-order valence-electron chi connectivity index (χ0n) is 8.49. The lowest BCUT2D eigenvalue weighted by atomic mass is 9.86. The van der Waals surface area contributed by atoms with Gasteiger partial charge in [-0.3, -0.25) is 9.59 Å². The summed E-state index contributed by atoms with van der Waals surface area (Å²) in [5.74, 6) is 1.23. The molecule has 14 heavy (non-hydrogen) atoms. The first-order valence-electron chi connectivity index (χ1n) is 5.36. The Morgan fingerprint density at radius 3 is 2.57 bits per heavy atom. The number of hydrogen-bond acceptors (Lipinski definition) is 3. The van der Waals surface area contributed by atoms with E-state index in [1.807, 2.05) is 0 Å². The zero-order valence-corrected chi connectivity index (χ0v) is 8.49. The Bertz CT molecular complexity index is 259. The highest BCUT2D eigenvalue weighted by Gasteiger charge is 2.40. The Kier molecular flexibility index (Phi) is 2.57. The smallest absolute Gasteiger partial charge is 0.313 e. The fraction of sp³-hybridized carbons (Fsp3) is 0.818. The van der Waals surface area contributed by atoms with Gasteiger partial charge in [-0.15, -0.1) is 0 Å². The second-order valence-electron chi connectivity index (χ2n) is 4.60. The van der Waals surface area contributed by atoms with E-state index in [4.69, 9.17) is 0 Å². The van der Waals surface area contributed by atoms with E-state index in [0.29, 0.717) is 12.3 Å². The molecule has 3 nitrogen and oxygen atoms in total. The van der Waals surface area contributed by atoms with Crippen LogP contribution in [0.1, 0.15) is 39.0 Å². The quantitative estimate of drug-likeness (QED) is 0.500. The molecule has 2 fully saturated rings. The first-order valence-corrected chi connectivity index (χ1v) is 5.36. The Morgan fingerprint density at radius 1 is 1.29 bits per heavy atom. The summed E-state index contributed by atoms with van der Waals surface area (Å²) in [5.41, 5.74) is 0. The second kappa shape index (κ2) is 3.71. The van der Waals surface area contributed by atoms with Crippen molar-refractivity contribution in [1.29, 1.82) is 0 Å². The molecule has 0 radical (unpaired) electrons. The van der Waals surface area contributed by atoms with E-state index in [-0.39, 0.29) is 5.97 Å². The van der Waals surface area contributed by atoms with Crippen LogP contribution in [0, 0.1) is 17.8 Å². The standard InChI is InChI=1S/C11H16O3/c1-7(12)14-11(13)6-10-5-8-2-3-9(10)4-8/h8-10H,2-6H2,1H3. The van der Waals surface area contributed by atoms with Crippen molar-refractivity contribution in [3.8, 4) is 0 Å². The van der Waals surface area contributed by atoms with Crippen molar-refractivity contribution in [2.45, 2.75) is 39.0 Å². The van der Waals surface area contributed by atoms with Crippen molar-refractivity contribution in [3.63, 3.8) is 0 Å². The fourth-order valence-corrected chi connectivity index (χ4v) is 3.04. The van der Waals surface area contributed by atoms with Crippen molar-refractivity contribution < 1.29 is 14.3 Å². The van der Waals surface area contributed by atoms with Crippen molar-refractivity contribution in [3.05, 3.63) is 0 Å². The Balaban J connectivity index is 1.81. The van der Waals surface area contributed by atoms with Gasteiger partial charge in [0, 0.05) is 13.3 Å². The maximum Gasteiger partial charge on any atom is 0.313 e. The van der Waals surface area contributed by atoms with Crippen LogP contribution in [0.15, 0.2) is 0 Å². The summed E-state index contributed by atoms with van der Waals surface area (Å²) in [6.07, 6.45) is 5.50. The molecule has 0 heterocycles. The normalized spacial score (nSPS) is 34.5. The number of hydrogen-bond donors (Lipinski definition) is 0. The molecule has 0 aromatic rings. The topological polar surface area (TPSA) is 43.4 Å². The zero-order chi connectivity index (χ0) is 10.1. The first-order chi connectivity index (χ1) is 6.65. The summed E-state index contributed by atoms with van der Waals surface area (Å²) in [5, 5.41) is 0. The van der Waals surface area contributed by atoms with E-state index in [9.17, 15) is 9.59 Å². The molecule has 0 aromatic carbocycles. The molecule has 0 amide bonds. The molecule has 3 unspecified atom stereocenters. The van der Waals surface area contributed by atoms with Crippen LogP contribution in [0.25, 0.3) is 0 Å². The van der Waals surface area contributed by atoms with E-state index in [1.165, 1.54) is 26.2 Å². The van der Waals surface area contributed by atoms with Crippen LogP contribution in [-0.2, 0) is 14.3 Å². The summed E-state index contributed by atoms with van der Waals surface area (Å²) in [6.45, 7) is 1.28. The van der Waals surface area contributed by atoms with Crippen LogP contribution >= 0.6 is 0 Å². The predicted molar refractivity (Wildman–Crippen MR) is 50.3 cm³/mol. The summed E-state index contributed by atoms with van der Waals surface area (Å²) >= 11 is 0. The van der Waals surface area contributed by atoms with Crippen LogP contribution in [0.3, 0.4) is 0 Å². The molecule has 2 aliphatic carbocycles. The Labute approximate surface area is 83.8 Å². The summed E-state index contributed by atoms with van der Waals surface area (Å²) < 4.78 is 4.54. The van der Waals surface area contributed by atoms with Gasteiger partial charge in [-0.2, -0.15) is 0 Å². The van der Waals surface area contributed by atoms with E-state index in [0.717, 1.165) is 18.3 Å². The molecule has 0 aliphatic heterocycles. The maximum absolute atomic E-state index is 11.2. The predicted octanol–water partition coefficient (Wildman–Crippen LogP) is 1.90. The molecule has 2 aliphatic rings. The number of esters is 2. The number of rotatable bonds is 2. The molecule has 2 rings (SSSR count). The van der Waals surface area contributed by atoms with Crippen molar-refractivity contribution in [2.75, 3.05) is 0 Å². The van der Waals surface area contributed by atoms with Gasteiger partial charge in [0.25, 0.3) is 0 Å². The lowest BCUT2D eigenvalue weighted by Gasteiger charge is -2.19. The van der Waals surface area contributed by atoms with Crippen LogP contribution in [0.4, 0.5) is 0 Å². The van der Waals surface area contributed by atoms with E-state index in [2.05, 4.69) is 4.74 Å². The van der Waals surface area contributed by atoms with E-state index in [1.54, 1.807) is 0 Å². The maximum atomic E-state index is 11.2. The number of ether oxygens (including phenoxy) is 1. The first kappa shape index (κ1) is 9.69. The van der Waals surface area contributed by atoms with E-state index < -0.39 is 5.97 Å². The highest BCUT2D eigenvalue weighted by molar-refractivity contribution is 5.84. The van der Waals surface area contributed by atoms with Gasteiger partial charge < -0.3 is 4.74 Å². The van der Waals surface area contributed by atoms with Crippen LogP contribution < -0.4 is 0 Å². The third kappa shape index (κ3) is 1.97. The van der Waals surface area contributed by atoms with Gasteiger partial charge >= 0.3 is 11.9 Å². The average molecular weight is 196 g/mol. The molecule has 0 N–H and O–H groups in total. The fourth-order valence-electron chi connectivity index (χ4n) is 3.04. The van der Waals surface area contributed by atoms with Crippen LogP contribution in [0.5, 0.6) is 0 Å². The molecular weight excluding hydrogens is 180 g/mol. The number of carbonyl (C=O) groups is 2. The van der Waals surface area contributed by atoms with Gasteiger partial charge in [-0.05, 0) is 37.0 Å². The SMILES string of the molecule is CC(=O)OC(=O)CC1CC2CCC1C2. The number of carbonyl (C=O) groups excluding carboxylic acids is 2. The molecule has 0 saturated heterocycles. The lowest BCUT2D eigenvalue weighted by molar-refractivity contribution is -0.158. The summed E-state index contributed by atoms with van der Waals surface area (Å²) in [4.78, 5) is 21.8. The monoisotopic (exact) mass is 196 g/mol. The van der Waals surface area contributed by atoms with E-state index >= 15 is 0 Å². The van der Waals surface area contributed by atoms with Gasteiger partial charge in [0.05, 0.1) is 0 Å². The van der Waals surface area contributed by atoms with Gasteiger partial charge in [-0.1, -0.05) is 6.42 Å². The molecule has 3 atom stereocenters. The molecule has 3 heteroatoms. The van der Waals surface area contributed by atoms with Crippen LogP contribution in [0.2, 0.25) is 0 Å². The largest absolute Gasteiger partial charge is 0.393 e. The molecule has 0 aromatic heterocycles. The highest BCUT2D eigenvalue weighted by Crippen LogP contribution is 2.49. The minimum atomic E-state index is -0.488. The molecule has 2 saturated carbocycles. The summed E-state index contributed by atoms with van der Waals surface area (Å²) in [6, 6.07) is 0. The average Bonchev–Trinajstić information content (AvgIpc) is 2.62. The molecular formula is C11H16O3. The lowest BCUT2D eigenvalue weighted by Crippen LogP contribution is -2.18. The third-order valence-electron chi connectivity index (χ3n) is 3.57. The Morgan fingerprint density at radius 2 is 2.07 bits per heavy atom. The summed E-state index contributed by atoms with van der Waals surface area (Å²) in [7, 11) is 0. The minimum absolute atomic E-state index is 0.338. The molecule has 0 spiro atoms. The second-order valence-corrected chi connectivity index (χ2v) is 4.60. The van der Waals surface area contributed by atoms with Gasteiger partial charge in [0.2, 0.25) is 0 Å². The van der Waals surface area contributed by atoms with Crippen molar-refractivity contribution in [1.82, 2.24) is 0 Å². The van der Waals surface area contributed by atoms with Gasteiger partial charge in [0.15, 0.2) is 0 Å². The Hall–Kier alpha value is -0.860. The van der Waals surface area contributed by atoms with Gasteiger partial charge in [-0.25, -0.2) is 0 Å². The third-order valence-corrected chi connectivity index (χ3v) is 3.57. The van der Waals surface area contributed by atoms with Crippen molar-refractivity contribution >= 4 is 11.9 Å². The van der Waals surface area contributed by atoms with Gasteiger partial charge in [0.1, 0.15) is 0 Å². The number of fused-ring (bicyclic) bond motifs is 2.